The van der Waals surface area contributed by atoms with E-state index in [2.05, 4.69) is 10.6 Å². The van der Waals surface area contributed by atoms with Crippen LogP contribution in [0.5, 0.6) is 0 Å². The molecule has 36 heavy (non-hydrogen) atoms. The molecule has 0 radical (unpaired) electrons. The van der Waals surface area contributed by atoms with Gasteiger partial charge in [-0.1, -0.05) is 30.3 Å². The van der Waals surface area contributed by atoms with Gasteiger partial charge in [-0.25, -0.2) is 4.79 Å². The number of rotatable bonds is 15. The highest BCUT2D eigenvalue weighted by Crippen LogP contribution is 2.05. The van der Waals surface area contributed by atoms with Crippen molar-refractivity contribution in [2.45, 2.75) is 62.9 Å². The van der Waals surface area contributed by atoms with Gasteiger partial charge in [-0.05, 0) is 25.3 Å². The van der Waals surface area contributed by atoms with E-state index in [-0.39, 0.29) is 6.42 Å². The summed E-state index contributed by atoms with van der Waals surface area (Å²) in [6.07, 6.45) is -3.40. The minimum atomic E-state index is -1.79. The van der Waals surface area contributed by atoms with Gasteiger partial charge in [0, 0.05) is 6.42 Å². The molecule has 0 saturated heterocycles. The topological polar surface area (TPSA) is 245 Å². The van der Waals surface area contributed by atoms with E-state index in [9.17, 15) is 39.0 Å². The summed E-state index contributed by atoms with van der Waals surface area (Å²) in [7, 11) is 0. The van der Waals surface area contributed by atoms with Gasteiger partial charge in [-0.3, -0.25) is 24.0 Å². The molecule has 0 aliphatic carbocycles. The predicted octanol–water partition coefficient (Wildman–Crippen LogP) is -2.18. The first-order valence-corrected chi connectivity index (χ1v) is 10.9. The third kappa shape index (κ3) is 10.5. The molecule has 1 aromatic carbocycles. The molecule has 0 heterocycles. The van der Waals surface area contributed by atoms with Gasteiger partial charge in [0.15, 0.2) is 0 Å². The standard InChI is InChI=1S/C22H30N4O10/c1-11(27)18(26-19(32)13(23)9-12-5-3-2-4-6-12)21(34)25-15(10-17(30)31)20(33)24-14(22(35)36)7-8-16(28)29/h2-6,11,13-15,18,27H,7-10,23H2,1H3,(H,24,33)(H,25,34)(H,26,32)(H,28,29)(H,30,31)(H,35,36). The summed E-state index contributed by atoms with van der Waals surface area (Å²) in [6, 6.07) is 2.58. The van der Waals surface area contributed by atoms with Gasteiger partial charge >= 0.3 is 17.9 Å². The molecule has 0 aliphatic rings. The van der Waals surface area contributed by atoms with Crippen molar-refractivity contribution in [3.05, 3.63) is 35.9 Å². The SMILES string of the molecule is CC(O)C(NC(=O)C(N)Cc1ccccc1)C(=O)NC(CC(=O)O)C(=O)NC(CCC(=O)O)C(=O)O. The highest BCUT2D eigenvalue weighted by atomic mass is 16.4. The van der Waals surface area contributed by atoms with Crippen molar-refractivity contribution in [3.8, 4) is 0 Å². The molecule has 9 N–H and O–H groups in total. The number of carboxylic acids is 3. The second-order valence-corrected chi connectivity index (χ2v) is 8.01. The van der Waals surface area contributed by atoms with E-state index < -0.39 is 85.2 Å². The average molecular weight is 511 g/mol. The average Bonchev–Trinajstić information content (AvgIpc) is 2.78. The molecule has 1 aromatic rings. The molecule has 14 nitrogen and oxygen atoms in total. The Morgan fingerprint density at radius 1 is 0.833 bits per heavy atom. The van der Waals surface area contributed by atoms with Gasteiger partial charge in [0.2, 0.25) is 17.7 Å². The van der Waals surface area contributed by atoms with Crippen LogP contribution in [0.2, 0.25) is 0 Å². The largest absolute Gasteiger partial charge is 0.481 e. The van der Waals surface area contributed by atoms with Crippen LogP contribution >= 0.6 is 0 Å². The first-order valence-electron chi connectivity index (χ1n) is 10.9. The number of aliphatic carboxylic acids is 3. The fraction of sp³-hybridized carbons (Fsp3) is 0.455. The van der Waals surface area contributed by atoms with E-state index in [0.29, 0.717) is 0 Å². The van der Waals surface area contributed by atoms with E-state index in [0.717, 1.165) is 5.56 Å². The third-order valence-electron chi connectivity index (χ3n) is 4.97. The van der Waals surface area contributed by atoms with Crippen LogP contribution in [0.15, 0.2) is 30.3 Å². The Balaban J connectivity index is 2.92. The lowest BCUT2D eigenvalue weighted by Crippen LogP contribution is -2.60. The number of carboxylic acid groups (broad SMARTS) is 3. The minimum Gasteiger partial charge on any atom is -0.481 e. The number of carbonyl (C=O) groups is 6. The second-order valence-electron chi connectivity index (χ2n) is 8.01. The van der Waals surface area contributed by atoms with Crippen LogP contribution < -0.4 is 21.7 Å². The summed E-state index contributed by atoms with van der Waals surface area (Å²) < 4.78 is 0. The number of carbonyl (C=O) groups excluding carboxylic acids is 3. The molecule has 0 saturated carbocycles. The number of amides is 3. The molecule has 0 aromatic heterocycles. The van der Waals surface area contributed by atoms with E-state index in [1.165, 1.54) is 6.92 Å². The van der Waals surface area contributed by atoms with Crippen LogP contribution in [-0.2, 0) is 35.2 Å². The number of nitrogens with one attached hydrogen (secondary N) is 3. The molecule has 5 unspecified atom stereocenters. The number of hydrogen-bond acceptors (Lipinski definition) is 8. The van der Waals surface area contributed by atoms with Crippen molar-refractivity contribution in [1.29, 1.82) is 0 Å². The summed E-state index contributed by atoms with van der Waals surface area (Å²) >= 11 is 0. The Kier molecular flexibility index (Phi) is 12.0. The molecule has 1 rings (SSSR count). The van der Waals surface area contributed by atoms with Gasteiger partial charge in [-0.15, -0.1) is 0 Å². The lowest BCUT2D eigenvalue weighted by Gasteiger charge is -2.26. The quantitative estimate of drug-likeness (QED) is 0.126. The van der Waals surface area contributed by atoms with Crippen LogP contribution in [-0.4, -0.2) is 86.3 Å². The molecule has 0 aliphatic heterocycles. The summed E-state index contributed by atoms with van der Waals surface area (Å²) in [5, 5.41) is 43.4. The monoisotopic (exact) mass is 510 g/mol. The highest BCUT2D eigenvalue weighted by molar-refractivity contribution is 5.96. The zero-order valence-corrected chi connectivity index (χ0v) is 19.4. The van der Waals surface area contributed by atoms with Crippen LogP contribution in [0.3, 0.4) is 0 Å². The normalized spacial score (nSPS) is 14.9. The minimum absolute atomic E-state index is 0.123. The van der Waals surface area contributed by atoms with Gasteiger partial charge in [0.05, 0.1) is 18.6 Å². The van der Waals surface area contributed by atoms with Crippen molar-refractivity contribution in [2.24, 2.45) is 5.73 Å². The van der Waals surface area contributed by atoms with Crippen LogP contribution in [0.4, 0.5) is 0 Å². The van der Waals surface area contributed by atoms with E-state index in [4.69, 9.17) is 15.9 Å². The van der Waals surface area contributed by atoms with Gasteiger partial charge in [-0.2, -0.15) is 0 Å². The van der Waals surface area contributed by atoms with Crippen LogP contribution in [0.25, 0.3) is 0 Å². The lowest BCUT2D eigenvalue weighted by molar-refractivity contribution is -0.144. The van der Waals surface area contributed by atoms with E-state index >= 15 is 0 Å². The van der Waals surface area contributed by atoms with E-state index in [1.807, 2.05) is 5.32 Å². The lowest BCUT2D eigenvalue weighted by atomic mass is 10.0. The maximum Gasteiger partial charge on any atom is 0.326 e. The molecule has 0 fully saturated rings. The first kappa shape index (κ1) is 30.0. The smallest absolute Gasteiger partial charge is 0.326 e. The van der Waals surface area contributed by atoms with Crippen LogP contribution in [0, 0.1) is 0 Å². The van der Waals surface area contributed by atoms with Crippen molar-refractivity contribution in [2.75, 3.05) is 0 Å². The fourth-order valence-electron chi connectivity index (χ4n) is 3.07. The van der Waals surface area contributed by atoms with Crippen molar-refractivity contribution < 1.29 is 49.2 Å². The van der Waals surface area contributed by atoms with Crippen molar-refractivity contribution in [1.82, 2.24) is 16.0 Å². The van der Waals surface area contributed by atoms with Crippen LogP contribution in [0.1, 0.15) is 31.7 Å². The maximum absolute atomic E-state index is 12.7. The zero-order valence-electron chi connectivity index (χ0n) is 19.4. The molecule has 3 amide bonds. The molecule has 0 bridgehead atoms. The number of aliphatic hydroxyl groups excluding tert-OH is 1. The summed E-state index contributed by atoms with van der Waals surface area (Å²) in [5.74, 6) is -7.52. The number of nitrogens with two attached hydrogens (primary N) is 1. The van der Waals surface area contributed by atoms with E-state index in [1.54, 1.807) is 30.3 Å². The Morgan fingerprint density at radius 3 is 1.92 bits per heavy atom. The Bertz CT molecular complexity index is 953. The number of aliphatic hydroxyl groups is 1. The summed E-state index contributed by atoms with van der Waals surface area (Å²) in [4.78, 5) is 71.0. The molecule has 0 spiro atoms. The van der Waals surface area contributed by atoms with Gasteiger partial charge in [0.25, 0.3) is 0 Å². The molecule has 198 valence electrons. The van der Waals surface area contributed by atoms with Crippen molar-refractivity contribution in [3.63, 3.8) is 0 Å². The Morgan fingerprint density at radius 2 is 1.42 bits per heavy atom. The zero-order chi connectivity index (χ0) is 27.4. The Labute approximate surface area is 205 Å². The van der Waals surface area contributed by atoms with Gasteiger partial charge < -0.3 is 42.1 Å². The highest BCUT2D eigenvalue weighted by Gasteiger charge is 2.33. The number of benzene rings is 1. The summed E-state index contributed by atoms with van der Waals surface area (Å²) in [5.41, 5.74) is 6.62. The summed E-state index contributed by atoms with van der Waals surface area (Å²) in [6.45, 7) is 1.17. The first-order chi connectivity index (χ1) is 16.8. The molecule has 14 heteroatoms. The second kappa shape index (κ2) is 14.4. The van der Waals surface area contributed by atoms with Crippen molar-refractivity contribution >= 4 is 35.6 Å². The maximum atomic E-state index is 12.7. The molecule has 5 atom stereocenters. The molecular formula is C22H30N4O10. The predicted molar refractivity (Wildman–Crippen MR) is 122 cm³/mol. The van der Waals surface area contributed by atoms with Gasteiger partial charge in [0.1, 0.15) is 18.1 Å². The fourth-order valence-corrected chi connectivity index (χ4v) is 3.07. The third-order valence-corrected chi connectivity index (χ3v) is 4.97. The molecular weight excluding hydrogens is 480 g/mol. The number of hydrogen-bond donors (Lipinski definition) is 8. The Hall–Kier alpha value is -4.04.